The van der Waals surface area contributed by atoms with Gasteiger partial charge in [-0.1, -0.05) is 36.4 Å². The monoisotopic (exact) mass is 345 g/mol. The van der Waals surface area contributed by atoms with Crippen molar-refractivity contribution >= 4 is 17.0 Å². The highest BCUT2D eigenvalue weighted by molar-refractivity contribution is 8.93. The number of rotatable bonds is 1. The van der Waals surface area contributed by atoms with Gasteiger partial charge in [-0.3, -0.25) is 4.90 Å². The molecule has 0 unspecified atom stereocenters. The summed E-state index contributed by atoms with van der Waals surface area (Å²) in [4.78, 5) is 2.61. The van der Waals surface area contributed by atoms with E-state index in [2.05, 4.69) is 35.2 Å². The zero-order valence-corrected chi connectivity index (χ0v) is 13.6. The largest absolute Gasteiger partial charge is 0.508 e. The van der Waals surface area contributed by atoms with Crippen LogP contribution in [0.3, 0.4) is 0 Å². The van der Waals surface area contributed by atoms with Crippen molar-refractivity contribution in [2.24, 2.45) is 0 Å². The van der Waals surface area contributed by atoms with Crippen LogP contribution in [-0.2, 0) is 0 Å². The molecular weight excluding hydrogens is 326 g/mol. The number of phenolic OH excluding ortho intramolecular Hbond substituents is 1. The van der Waals surface area contributed by atoms with Gasteiger partial charge in [0.15, 0.2) is 0 Å². The number of hydrogen-bond donors (Lipinski definition) is 1. The Hall–Kier alpha value is -1.32. The molecule has 2 aliphatic rings. The highest BCUT2D eigenvalue weighted by atomic mass is 79.9. The van der Waals surface area contributed by atoms with Crippen molar-refractivity contribution in [2.45, 2.75) is 24.8 Å². The Morgan fingerprint density at radius 1 is 1.00 bits per heavy atom. The SMILES string of the molecule is Br.Oc1cccc([C@@H]2CN3CCC[C@@H]3c3ccccc32)c1. The lowest BCUT2D eigenvalue weighted by molar-refractivity contribution is 0.230. The van der Waals surface area contributed by atoms with Crippen LogP contribution in [0, 0.1) is 0 Å². The third-order valence-corrected chi connectivity index (χ3v) is 4.78. The molecule has 0 saturated carbocycles. The second kappa shape index (κ2) is 5.82. The maximum Gasteiger partial charge on any atom is 0.115 e. The molecule has 2 aromatic rings. The summed E-state index contributed by atoms with van der Waals surface area (Å²) in [5.41, 5.74) is 4.16. The molecule has 1 N–H and O–H groups in total. The summed E-state index contributed by atoms with van der Waals surface area (Å²) in [6.45, 7) is 2.28. The maximum absolute atomic E-state index is 9.77. The first-order valence-corrected chi connectivity index (χ1v) is 7.45. The van der Waals surface area contributed by atoms with Crippen LogP contribution in [0.4, 0.5) is 0 Å². The van der Waals surface area contributed by atoms with Crippen molar-refractivity contribution in [3.8, 4) is 5.75 Å². The number of halogens is 1. The summed E-state index contributed by atoms with van der Waals surface area (Å²) < 4.78 is 0. The third-order valence-electron chi connectivity index (χ3n) is 4.78. The topological polar surface area (TPSA) is 23.5 Å². The van der Waals surface area contributed by atoms with Crippen molar-refractivity contribution in [1.82, 2.24) is 4.90 Å². The van der Waals surface area contributed by atoms with E-state index in [-0.39, 0.29) is 17.0 Å². The van der Waals surface area contributed by atoms with E-state index in [4.69, 9.17) is 0 Å². The number of fused-ring (bicyclic) bond motifs is 3. The quantitative estimate of drug-likeness (QED) is 0.834. The Morgan fingerprint density at radius 3 is 2.62 bits per heavy atom. The minimum atomic E-state index is 0. The Balaban J connectivity index is 0.00000132. The average Bonchev–Trinajstić information content (AvgIpc) is 2.95. The summed E-state index contributed by atoms with van der Waals surface area (Å²) in [6, 6.07) is 17.2. The van der Waals surface area contributed by atoms with Crippen LogP contribution in [0.25, 0.3) is 0 Å². The number of nitrogens with zero attached hydrogens (tertiary/aromatic N) is 1. The van der Waals surface area contributed by atoms with Gasteiger partial charge in [-0.15, -0.1) is 17.0 Å². The lowest BCUT2D eigenvalue weighted by atomic mass is 9.81. The van der Waals surface area contributed by atoms with Crippen LogP contribution in [0.2, 0.25) is 0 Å². The molecule has 2 nitrogen and oxygen atoms in total. The van der Waals surface area contributed by atoms with Gasteiger partial charge in [-0.2, -0.15) is 0 Å². The van der Waals surface area contributed by atoms with Gasteiger partial charge < -0.3 is 5.11 Å². The van der Waals surface area contributed by atoms with Crippen LogP contribution in [0.15, 0.2) is 48.5 Å². The van der Waals surface area contributed by atoms with E-state index in [0.717, 1.165) is 6.54 Å². The molecular formula is C18H20BrNO. The van der Waals surface area contributed by atoms with E-state index < -0.39 is 0 Å². The maximum atomic E-state index is 9.77. The van der Waals surface area contributed by atoms with Gasteiger partial charge in [-0.25, -0.2) is 0 Å². The molecule has 110 valence electrons. The van der Waals surface area contributed by atoms with E-state index in [0.29, 0.717) is 17.7 Å². The van der Waals surface area contributed by atoms with Gasteiger partial charge in [0.25, 0.3) is 0 Å². The van der Waals surface area contributed by atoms with Gasteiger partial charge in [-0.05, 0) is 48.2 Å². The lowest BCUT2D eigenvalue weighted by Gasteiger charge is -2.37. The Kier molecular flexibility index (Phi) is 4.05. The molecule has 2 heterocycles. The molecule has 0 aromatic heterocycles. The minimum absolute atomic E-state index is 0. The van der Waals surface area contributed by atoms with Crippen LogP contribution >= 0.6 is 17.0 Å². The molecule has 0 aliphatic carbocycles. The fraction of sp³-hybridized carbons (Fsp3) is 0.333. The first kappa shape index (κ1) is 14.6. The Morgan fingerprint density at radius 2 is 1.81 bits per heavy atom. The van der Waals surface area contributed by atoms with Crippen molar-refractivity contribution in [1.29, 1.82) is 0 Å². The standard InChI is InChI=1S/C18H19NO.BrH/c20-14-6-3-5-13(11-14)17-12-19-10-4-9-18(19)16-8-2-1-7-15(16)17;/h1-3,5-8,11,17-18,20H,4,9-10,12H2;1H/t17-,18+;/m0./s1. The fourth-order valence-electron chi connectivity index (χ4n) is 3.89. The van der Waals surface area contributed by atoms with Gasteiger partial charge >= 0.3 is 0 Å². The molecule has 2 aliphatic heterocycles. The fourth-order valence-corrected chi connectivity index (χ4v) is 3.89. The predicted octanol–water partition coefficient (Wildman–Crippen LogP) is 4.25. The lowest BCUT2D eigenvalue weighted by Crippen LogP contribution is -2.34. The van der Waals surface area contributed by atoms with Crippen LogP contribution < -0.4 is 0 Å². The molecule has 0 spiro atoms. The second-order valence-corrected chi connectivity index (χ2v) is 5.93. The molecule has 0 amide bonds. The van der Waals surface area contributed by atoms with E-state index in [9.17, 15) is 5.11 Å². The van der Waals surface area contributed by atoms with E-state index in [1.807, 2.05) is 12.1 Å². The first-order valence-electron chi connectivity index (χ1n) is 7.45. The van der Waals surface area contributed by atoms with E-state index in [1.165, 1.54) is 36.1 Å². The molecule has 2 aromatic carbocycles. The van der Waals surface area contributed by atoms with Crippen molar-refractivity contribution in [3.05, 3.63) is 65.2 Å². The molecule has 1 fully saturated rings. The minimum Gasteiger partial charge on any atom is -0.508 e. The normalized spacial score (nSPS) is 24.0. The average molecular weight is 346 g/mol. The van der Waals surface area contributed by atoms with Gasteiger partial charge in [0.2, 0.25) is 0 Å². The molecule has 21 heavy (non-hydrogen) atoms. The predicted molar refractivity (Wildman–Crippen MR) is 90.3 cm³/mol. The molecule has 4 rings (SSSR count). The third kappa shape index (κ3) is 2.49. The summed E-state index contributed by atoms with van der Waals surface area (Å²) in [5, 5.41) is 9.77. The second-order valence-electron chi connectivity index (χ2n) is 5.93. The van der Waals surface area contributed by atoms with Crippen LogP contribution in [0.5, 0.6) is 5.75 Å². The zero-order chi connectivity index (χ0) is 13.5. The van der Waals surface area contributed by atoms with Crippen molar-refractivity contribution in [3.63, 3.8) is 0 Å². The molecule has 1 saturated heterocycles. The number of hydrogen-bond acceptors (Lipinski definition) is 2. The highest BCUT2D eigenvalue weighted by Crippen LogP contribution is 2.44. The molecule has 3 heteroatoms. The zero-order valence-electron chi connectivity index (χ0n) is 11.9. The van der Waals surface area contributed by atoms with Crippen LogP contribution in [-0.4, -0.2) is 23.1 Å². The summed E-state index contributed by atoms with van der Waals surface area (Å²) >= 11 is 0. The van der Waals surface area contributed by atoms with Crippen molar-refractivity contribution < 1.29 is 5.11 Å². The number of benzene rings is 2. The number of phenols is 1. The number of aromatic hydroxyl groups is 1. The Labute approximate surface area is 136 Å². The summed E-state index contributed by atoms with van der Waals surface area (Å²) in [6.07, 6.45) is 2.58. The highest BCUT2D eigenvalue weighted by Gasteiger charge is 2.36. The molecule has 0 radical (unpaired) electrons. The van der Waals surface area contributed by atoms with E-state index in [1.54, 1.807) is 6.07 Å². The van der Waals surface area contributed by atoms with Crippen LogP contribution in [0.1, 0.15) is 41.5 Å². The van der Waals surface area contributed by atoms with Crippen molar-refractivity contribution in [2.75, 3.05) is 13.1 Å². The van der Waals surface area contributed by atoms with Gasteiger partial charge in [0, 0.05) is 18.5 Å². The smallest absolute Gasteiger partial charge is 0.115 e. The summed E-state index contributed by atoms with van der Waals surface area (Å²) in [7, 11) is 0. The van der Waals surface area contributed by atoms with Gasteiger partial charge in [0.1, 0.15) is 5.75 Å². The summed E-state index contributed by atoms with van der Waals surface area (Å²) in [5.74, 6) is 0.746. The Bertz CT molecular complexity index is 643. The van der Waals surface area contributed by atoms with Gasteiger partial charge in [0.05, 0.1) is 0 Å². The molecule has 0 bridgehead atoms. The first-order chi connectivity index (χ1) is 9.83. The van der Waals surface area contributed by atoms with E-state index >= 15 is 0 Å². The molecule has 2 atom stereocenters.